The summed E-state index contributed by atoms with van der Waals surface area (Å²) in [5.41, 5.74) is 0.449. The molecule has 1 fully saturated rings. The Bertz CT molecular complexity index is 4870. The molecular formula is C67H71N15O17S5. The lowest BCUT2D eigenvalue weighted by molar-refractivity contribution is -0.280. The summed E-state index contributed by atoms with van der Waals surface area (Å²) < 4.78 is 46.3. The van der Waals surface area contributed by atoms with Gasteiger partial charge in [-0.3, -0.25) is 28.7 Å². The van der Waals surface area contributed by atoms with E-state index in [2.05, 4.69) is 36.7 Å². The molecule has 104 heavy (non-hydrogen) atoms. The molecule has 10 unspecified atom stereocenters. The number of hydrogen-bond acceptors (Lipinski definition) is 30. The highest BCUT2D eigenvalue weighted by Gasteiger charge is 2.50. The fraction of sp³-hybridized carbons (Fsp3) is 0.403. The average Bonchev–Trinajstić information content (AvgIpc) is 1.57. The fourth-order valence-corrected chi connectivity index (χ4v) is 17.2. The van der Waals surface area contributed by atoms with Gasteiger partial charge in [-0.05, 0) is 85.8 Å². The van der Waals surface area contributed by atoms with Gasteiger partial charge in [0.05, 0.1) is 55.9 Å². The summed E-state index contributed by atoms with van der Waals surface area (Å²) in [4.78, 5) is 134. The number of aryl methyl sites for hydroxylation is 3. The SMILES string of the molecule is CO/C(C)=C1/NC(=O)C(C(C)O)NC(=O)c2csc(n2)-c2cc(OC)c(-c3nc(C(=O)NCCCn4nc(C)cc4C)cs3)nc2-c2csc(n2)C2COC(=O)c3c4c5c(cccc5n3O)COC(=O)C(OC3CC(C)(O)C(N(C)C)C(C)O3)C(OC4)C(NC(=O)c3csc1n3)c1nc(cs1)C(=O)N2. The minimum Gasteiger partial charge on any atom is -0.499 e. The Kier molecular flexibility index (Phi) is 20.9. The molecule has 10 atom stereocenters. The molecule has 0 aliphatic carbocycles. The molecule has 13 rings (SSSR count). The van der Waals surface area contributed by atoms with Crippen LogP contribution in [0, 0.1) is 13.8 Å². The van der Waals surface area contributed by atoms with Gasteiger partial charge in [0.25, 0.3) is 23.6 Å². The quantitative estimate of drug-likeness (QED) is 0.0296. The lowest BCUT2D eigenvalue weighted by Crippen LogP contribution is -2.62. The van der Waals surface area contributed by atoms with Crippen LogP contribution in [0.1, 0.15) is 143 Å². The number of aromatic nitrogens is 9. The Hall–Kier alpha value is -9.54. The first kappa shape index (κ1) is 72.8. The summed E-state index contributed by atoms with van der Waals surface area (Å²) in [5, 5.41) is 62.2. The van der Waals surface area contributed by atoms with Crippen molar-refractivity contribution >= 4 is 115 Å². The van der Waals surface area contributed by atoms with Crippen molar-refractivity contribution in [1.82, 2.24) is 75.9 Å². The Morgan fingerprint density at radius 3 is 2.25 bits per heavy atom. The molecule has 1 saturated heterocycles. The molecule has 546 valence electrons. The number of amides is 5. The molecule has 8 N–H and O–H groups in total. The number of carbonyl (C=O) groups is 7. The van der Waals surface area contributed by atoms with E-state index in [1.807, 2.05) is 24.6 Å². The minimum atomic E-state index is -1.90. The second kappa shape index (κ2) is 29.9. The smallest absolute Gasteiger partial charge is 0.358 e. The number of likely N-dealkylation sites (N-methyl/N-ethyl adjacent to an activating group) is 1. The molecule has 1 aromatic carbocycles. The van der Waals surface area contributed by atoms with Crippen molar-refractivity contribution in [3.63, 3.8) is 0 Å². The molecule has 4 aliphatic heterocycles. The maximum atomic E-state index is 15.2. The lowest BCUT2D eigenvalue weighted by Gasteiger charge is -2.48. The third kappa shape index (κ3) is 14.6. The molecule has 0 saturated carbocycles. The van der Waals surface area contributed by atoms with E-state index in [9.17, 15) is 29.8 Å². The van der Waals surface area contributed by atoms with Gasteiger partial charge in [0.15, 0.2) is 18.1 Å². The first-order valence-corrected chi connectivity index (χ1v) is 37.0. The predicted octanol–water partition coefficient (Wildman–Crippen LogP) is 6.10. The number of allylic oxidation sites excluding steroid dienone is 1. The molecule has 5 amide bonds. The summed E-state index contributed by atoms with van der Waals surface area (Å²) in [7, 11) is 6.30. The van der Waals surface area contributed by atoms with Crippen molar-refractivity contribution in [3.8, 4) is 38.4 Å². The highest BCUT2D eigenvalue weighted by molar-refractivity contribution is 7.14. The number of fused-ring (bicyclic) bond motifs is 15. The van der Waals surface area contributed by atoms with Crippen molar-refractivity contribution in [2.75, 3.05) is 41.5 Å². The zero-order chi connectivity index (χ0) is 73.7. The number of nitrogens with zero attached hydrogens (tertiary/aromatic N) is 10. The van der Waals surface area contributed by atoms with E-state index in [-0.39, 0.29) is 111 Å². The summed E-state index contributed by atoms with van der Waals surface area (Å²) in [6.07, 6.45) is -6.86. The largest absolute Gasteiger partial charge is 0.499 e. The van der Waals surface area contributed by atoms with Gasteiger partial charge >= 0.3 is 11.9 Å². The van der Waals surface area contributed by atoms with Crippen LogP contribution in [0.25, 0.3) is 49.3 Å². The van der Waals surface area contributed by atoms with Crippen LogP contribution in [-0.4, -0.2) is 196 Å². The standard InChI is InChI=1S/C67H71N15O17S5/c1-28-17-29(2)81(79-28)16-12-15-68-55(84)38-24-103-63(72-38)49-43(94-10)18-34-48(75-49)37-23-101-61(70-37)36-22-97-65(89)51-35-21-95-52(53(99-44-19-67(6,91)54(80(7)8)32(5)98-44)66(90)96-20-33-13-11-14-42(45(33)35)82(51)92)50(64-74-39(26-104-64)56(85)69-36)78-58(87)41-27-102-62(73-41)47(31(4)93-9)77-59(88)46(30(3)83)76-57(86)40-25-100-60(34)71-40/h11,13-14,17-18,23-27,30,32,36,44,46,50,52-54,83,91-92H,12,15-16,19-22H2,1-10H3,(H,68,84)(H,69,85)(H,76,86)(H,77,88)(H,78,87)/b47-31+. The van der Waals surface area contributed by atoms with E-state index < -0.39 is 127 Å². The van der Waals surface area contributed by atoms with Crippen molar-refractivity contribution in [3.05, 3.63) is 129 Å². The van der Waals surface area contributed by atoms with E-state index in [0.717, 1.165) is 68.1 Å². The zero-order valence-electron chi connectivity index (χ0n) is 57.5. The van der Waals surface area contributed by atoms with Gasteiger partial charge in [-0.2, -0.15) is 9.83 Å². The predicted molar refractivity (Wildman–Crippen MR) is 378 cm³/mol. The van der Waals surface area contributed by atoms with Crippen LogP contribution >= 0.6 is 56.7 Å². The molecule has 32 nitrogen and oxygen atoms in total. The van der Waals surface area contributed by atoms with Gasteiger partial charge in [0, 0.05) is 68.6 Å². The molecule has 0 radical (unpaired) electrons. The Balaban J connectivity index is 0.957. The van der Waals surface area contributed by atoms with Crippen LogP contribution in [0.3, 0.4) is 0 Å². The number of aliphatic hydroxyl groups excluding tert-OH is 1. The molecular weight excluding hydrogens is 1450 g/mol. The lowest BCUT2D eigenvalue weighted by atomic mass is 9.85. The van der Waals surface area contributed by atoms with Crippen molar-refractivity contribution < 1.29 is 82.1 Å². The van der Waals surface area contributed by atoms with Gasteiger partial charge in [-0.15, -0.1) is 56.7 Å². The van der Waals surface area contributed by atoms with Gasteiger partial charge in [0.2, 0.25) is 5.91 Å². The number of cyclic esters (lactones) is 2. The number of esters is 2. The Labute approximate surface area is 612 Å². The number of ether oxygens (including phenoxy) is 7. The normalized spacial score (nSPS) is 23.4. The van der Waals surface area contributed by atoms with Crippen LogP contribution in [0.15, 0.2) is 63.0 Å². The van der Waals surface area contributed by atoms with Gasteiger partial charge in [-0.1, -0.05) is 12.1 Å². The zero-order valence-corrected chi connectivity index (χ0v) is 61.6. The van der Waals surface area contributed by atoms with Gasteiger partial charge in [-0.25, -0.2) is 39.5 Å². The number of methoxy groups -OCH3 is 2. The average molecular weight is 1520 g/mol. The van der Waals surface area contributed by atoms with Crippen molar-refractivity contribution in [2.24, 2.45) is 0 Å². The maximum absolute atomic E-state index is 15.2. The van der Waals surface area contributed by atoms with E-state index in [4.69, 9.17) is 58.1 Å². The molecule has 12 bridgehead atoms. The number of hydrogen-bond donors (Lipinski definition) is 8. The first-order valence-electron chi connectivity index (χ1n) is 32.6. The van der Waals surface area contributed by atoms with E-state index >= 15 is 19.2 Å². The Morgan fingerprint density at radius 2 is 1.53 bits per heavy atom. The summed E-state index contributed by atoms with van der Waals surface area (Å²) in [6.45, 7) is 9.19. The van der Waals surface area contributed by atoms with Gasteiger partial charge < -0.3 is 80.1 Å². The van der Waals surface area contributed by atoms with E-state index in [1.54, 1.807) is 61.8 Å². The number of rotatable bonds is 12. The third-order valence-electron chi connectivity index (χ3n) is 17.9. The summed E-state index contributed by atoms with van der Waals surface area (Å²) >= 11 is 4.94. The third-order valence-corrected chi connectivity index (χ3v) is 22.4. The number of carbonyl (C=O) groups excluding carboxylic acids is 7. The first-order chi connectivity index (χ1) is 49.8. The highest BCUT2D eigenvalue weighted by Crippen LogP contribution is 2.43. The number of thiazole rings is 5. The van der Waals surface area contributed by atoms with Crippen LogP contribution in [0.2, 0.25) is 0 Å². The second-order valence-electron chi connectivity index (χ2n) is 25.5. The van der Waals surface area contributed by atoms with E-state index in [1.165, 1.54) is 50.3 Å². The van der Waals surface area contributed by atoms with Gasteiger partial charge in [0.1, 0.15) is 120 Å². The fourth-order valence-electron chi connectivity index (χ4n) is 13.0. The number of benzene rings is 1. The minimum absolute atomic E-state index is 0.00709. The van der Waals surface area contributed by atoms with E-state index in [0.29, 0.717) is 29.8 Å². The maximum Gasteiger partial charge on any atom is 0.358 e. The molecule has 0 spiro atoms. The number of pyridine rings is 1. The van der Waals surface area contributed by atoms with Crippen LogP contribution < -0.4 is 31.3 Å². The Morgan fingerprint density at radius 1 is 0.837 bits per heavy atom. The summed E-state index contributed by atoms with van der Waals surface area (Å²) in [6, 6.07) is 3.16. The molecule has 9 aromatic rings. The molecule has 4 aliphatic rings. The monoisotopic (exact) mass is 1520 g/mol. The number of aliphatic hydroxyl groups is 2. The van der Waals surface area contributed by atoms with Crippen molar-refractivity contribution in [1.29, 1.82) is 0 Å². The topological polar surface area (TPSA) is 408 Å². The second-order valence-corrected chi connectivity index (χ2v) is 29.8. The molecule has 12 heterocycles. The van der Waals surface area contributed by atoms with Crippen LogP contribution in [-0.2, 0) is 57.8 Å². The summed E-state index contributed by atoms with van der Waals surface area (Å²) in [5.74, 6) is -5.93. The highest BCUT2D eigenvalue weighted by atomic mass is 32.1. The molecule has 8 aromatic heterocycles. The van der Waals surface area contributed by atoms with Crippen LogP contribution in [0.5, 0.6) is 5.75 Å². The molecule has 37 heteroatoms. The number of nitrogens with one attached hydrogen (secondary N) is 5. The van der Waals surface area contributed by atoms with Crippen molar-refractivity contribution in [2.45, 2.75) is 135 Å². The van der Waals surface area contributed by atoms with Crippen LogP contribution in [0.4, 0.5) is 0 Å².